The molecule has 30 heavy (non-hydrogen) atoms. The van der Waals surface area contributed by atoms with Crippen molar-refractivity contribution in [2.24, 2.45) is 5.10 Å². The molecule has 2 aromatic rings. The highest BCUT2D eigenvalue weighted by Crippen LogP contribution is 2.25. The zero-order chi connectivity index (χ0) is 21.3. The maximum atomic E-state index is 12.2. The molecule has 9 nitrogen and oxygen atoms in total. The first kappa shape index (κ1) is 21.4. The van der Waals surface area contributed by atoms with Crippen LogP contribution < -0.4 is 15.1 Å². The Morgan fingerprint density at radius 2 is 1.87 bits per heavy atom. The molecule has 0 saturated carbocycles. The predicted molar refractivity (Wildman–Crippen MR) is 111 cm³/mol. The monoisotopic (exact) mass is 413 g/mol. The van der Waals surface area contributed by atoms with Gasteiger partial charge in [-0.15, -0.1) is 0 Å². The fourth-order valence-corrected chi connectivity index (χ4v) is 3.46. The van der Waals surface area contributed by atoms with Crippen LogP contribution in [0.3, 0.4) is 0 Å². The Bertz CT molecular complexity index is 897. The largest absolute Gasteiger partial charge is 0.477 e. The van der Waals surface area contributed by atoms with E-state index in [4.69, 9.17) is 9.47 Å². The van der Waals surface area contributed by atoms with Gasteiger partial charge in [0.05, 0.1) is 23.8 Å². The first-order chi connectivity index (χ1) is 14.6. The molecule has 1 aliphatic rings. The van der Waals surface area contributed by atoms with E-state index in [9.17, 15) is 14.9 Å². The minimum atomic E-state index is -0.550. The molecule has 2 N–H and O–H groups in total. The van der Waals surface area contributed by atoms with Gasteiger partial charge in [-0.2, -0.15) is 5.10 Å². The summed E-state index contributed by atoms with van der Waals surface area (Å²) in [7, 11) is 0. The Hall–Kier alpha value is -3.30. The van der Waals surface area contributed by atoms with Crippen molar-refractivity contribution in [1.29, 1.82) is 0 Å². The molecular formula is C21H25N4O5+. The first-order valence-corrected chi connectivity index (χ1v) is 9.72. The summed E-state index contributed by atoms with van der Waals surface area (Å²) in [6, 6.07) is 15.9. The van der Waals surface area contributed by atoms with E-state index in [1.165, 1.54) is 23.1 Å². The molecule has 2 aromatic carbocycles. The maximum absolute atomic E-state index is 12.2. The van der Waals surface area contributed by atoms with Gasteiger partial charge in [0.25, 0.3) is 5.91 Å². The number of para-hydroxylation sites is 2. The topological polar surface area (TPSA) is 108 Å². The van der Waals surface area contributed by atoms with Gasteiger partial charge in [-0.25, -0.2) is 5.43 Å². The Morgan fingerprint density at radius 3 is 2.57 bits per heavy atom. The zero-order valence-corrected chi connectivity index (χ0v) is 16.7. The predicted octanol–water partition coefficient (Wildman–Crippen LogP) is 1.12. The van der Waals surface area contributed by atoms with Crippen molar-refractivity contribution in [3.63, 3.8) is 0 Å². The van der Waals surface area contributed by atoms with E-state index in [-0.39, 0.29) is 24.1 Å². The summed E-state index contributed by atoms with van der Waals surface area (Å²) < 4.78 is 10.8. The number of carbonyl (C=O) groups is 1. The molecule has 1 heterocycles. The standard InChI is InChI=1S/C21H24N4O5/c1-16(21(17-7-3-2-4-8-17)24-11-13-29-14-12-24)22-23-20(26)15-30-19-10-6-5-9-18(19)25(27)28/h2-10,21H,11-15H2,1H3,(H,23,26)/p+1/b22-16-/t21-/m1/s1. The summed E-state index contributed by atoms with van der Waals surface area (Å²) >= 11 is 0. The van der Waals surface area contributed by atoms with E-state index in [1.54, 1.807) is 6.07 Å². The summed E-state index contributed by atoms with van der Waals surface area (Å²) in [5, 5.41) is 15.3. The van der Waals surface area contributed by atoms with Crippen LogP contribution in [0.4, 0.5) is 5.69 Å². The van der Waals surface area contributed by atoms with Crippen LogP contribution in [0.5, 0.6) is 5.75 Å². The number of nitrogens with zero attached hydrogens (tertiary/aromatic N) is 2. The Labute approximate surface area is 174 Å². The van der Waals surface area contributed by atoms with Gasteiger partial charge in [0, 0.05) is 11.6 Å². The van der Waals surface area contributed by atoms with E-state index in [2.05, 4.69) is 10.5 Å². The van der Waals surface area contributed by atoms with E-state index in [1.807, 2.05) is 37.3 Å². The number of carbonyl (C=O) groups excluding carboxylic acids is 1. The van der Waals surface area contributed by atoms with Gasteiger partial charge in [-0.05, 0) is 13.0 Å². The summed E-state index contributed by atoms with van der Waals surface area (Å²) in [5.74, 6) is -0.449. The second-order valence-corrected chi connectivity index (χ2v) is 6.92. The van der Waals surface area contributed by atoms with Crippen molar-refractivity contribution in [3.8, 4) is 5.75 Å². The van der Waals surface area contributed by atoms with Gasteiger partial charge in [0.1, 0.15) is 13.1 Å². The quantitative estimate of drug-likeness (QED) is 0.383. The minimum absolute atomic E-state index is 0.00784. The molecule has 3 rings (SSSR count). The van der Waals surface area contributed by atoms with Gasteiger partial charge in [0.15, 0.2) is 18.4 Å². The number of hydrazone groups is 1. The molecule has 0 radical (unpaired) electrons. The number of morpholine rings is 1. The molecule has 1 fully saturated rings. The van der Waals surface area contributed by atoms with Gasteiger partial charge >= 0.3 is 5.69 Å². The maximum Gasteiger partial charge on any atom is 0.310 e. The highest BCUT2D eigenvalue weighted by atomic mass is 16.6. The van der Waals surface area contributed by atoms with Crippen LogP contribution in [0.2, 0.25) is 0 Å². The average molecular weight is 413 g/mol. The van der Waals surface area contributed by atoms with Gasteiger partial charge in [-0.3, -0.25) is 14.9 Å². The van der Waals surface area contributed by atoms with Gasteiger partial charge in [0.2, 0.25) is 0 Å². The molecule has 0 spiro atoms. The van der Waals surface area contributed by atoms with Crippen molar-refractivity contribution in [3.05, 3.63) is 70.3 Å². The molecule has 1 aliphatic heterocycles. The highest BCUT2D eigenvalue weighted by molar-refractivity contribution is 5.88. The van der Waals surface area contributed by atoms with E-state index in [0.717, 1.165) is 24.4 Å². The van der Waals surface area contributed by atoms with Crippen LogP contribution in [0.15, 0.2) is 59.7 Å². The molecule has 158 valence electrons. The van der Waals surface area contributed by atoms with E-state index >= 15 is 0 Å². The number of nitro groups is 1. The lowest BCUT2D eigenvalue weighted by atomic mass is 10.0. The third-order valence-electron chi connectivity index (χ3n) is 4.87. The van der Waals surface area contributed by atoms with Crippen LogP contribution in [0.25, 0.3) is 0 Å². The number of quaternary nitrogens is 1. The number of amides is 1. The molecular weight excluding hydrogens is 388 g/mol. The molecule has 1 saturated heterocycles. The Balaban J connectivity index is 1.65. The summed E-state index contributed by atoms with van der Waals surface area (Å²) in [5.41, 5.74) is 4.18. The lowest BCUT2D eigenvalue weighted by molar-refractivity contribution is -0.928. The number of hydrogen-bond donors (Lipinski definition) is 2. The first-order valence-electron chi connectivity index (χ1n) is 9.72. The molecule has 1 amide bonds. The third kappa shape index (κ3) is 5.62. The second kappa shape index (κ2) is 10.5. The smallest absolute Gasteiger partial charge is 0.310 e. The van der Waals surface area contributed by atoms with E-state index in [0.29, 0.717) is 13.2 Å². The Morgan fingerprint density at radius 1 is 1.20 bits per heavy atom. The van der Waals surface area contributed by atoms with Gasteiger partial charge < -0.3 is 14.4 Å². The Kier molecular flexibility index (Phi) is 7.47. The molecule has 0 aliphatic carbocycles. The van der Waals surface area contributed by atoms with Crippen LogP contribution >= 0.6 is 0 Å². The molecule has 0 unspecified atom stereocenters. The molecule has 9 heteroatoms. The van der Waals surface area contributed by atoms with Crippen LogP contribution in [-0.2, 0) is 9.53 Å². The van der Waals surface area contributed by atoms with E-state index < -0.39 is 10.8 Å². The number of hydrogen-bond acceptors (Lipinski definition) is 6. The van der Waals surface area contributed by atoms with Crippen LogP contribution in [0, 0.1) is 10.1 Å². The SMILES string of the molecule is C/C(=N/NC(=O)COc1ccccc1[N+](=O)[O-])[C@H](c1ccccc1)[NH+]1CCOCC1. The number of ether oxygens (including phenoxy) is 2. The van der Waals surface area contributed by atoms with Crippen molar-refractivity contribution in [1.82, 2.24) is 5.43 Å². The molecule has 0 aromatic heterocycles. The van der Waals surface area contributed by atoms with Crippen molar-refractivity contribution in [2.45, 2.75) is 13.0 Å². The van der Waals surface area contributed by atoms with Gasteiger partial charge in [-0.1, -0.05) is 42.5 Å². The number of nitrogens with one attached hydrogen (secondary N) is 2. The lowest BCUT2D eigenvalue weighted by Crippen LogP contribution is -3.15. The highest BCUT2D eigenvalue weighted by Gasteiger charge is 2.29. The zero-order valence-electron chi connectivity index (χ0n) is 16.7. The second-order valence-electron chi connectivity index (χ2n) is 6.92. The van der Waals surface area contributed by atoms with Crippen molar-refractivity contribution >= 4 is 17.3 Å². The summed E-state index contributed by atoms with van der Waals surface area (Å²) in [6.07, 6.45) is 0. The van der Waals surface area contributed by atoms with Crippen molar-refractivity contribution in [2.75, 3.05) is 32.9 Å². The minimum Gasteiger partial charge on any atom is -0.477 e. The fourth-order valence-electron chi connectivity index (χ4n) is 3.46. The van der Waals surface area contributed by atoms with Crippen LogP contribution in [0.1, 0.15) is 18.5 Å². The van der Waals surface area contributed by atoms with Crippen LogP contribution in [-0.4, -0.2) is 49.5 Å². The normalized spacial score (nSPS) is 16.0. The molecule has 1 atom stereocenters. The summed E-state index contributed by atoms with van der Waals surface area (Å²) in [4.78, 5) is 24.0. The average Bonchev–Trinajstić information content (AvgIpc) is 2.78. The third-order valence-corrected chi connectivity index (χ3v) is 4.87. The summed E-state index contributed by atoms with van der Waals surface area (Å²) in [6.45, 7) is 4.57. The number of benzene rings is 2. The number of rotatable bonds is 8. The molecule has 0 bridgehead atoms. The van der Waals surface area contributed by atoms with Crippen molar-refractivity contribution < 1.29 is 24.1 Å². The number of nitro benzene ring substituents is 1. The lowest BCUT2D eigenvalue weighted by Gasteiger charge is -2.31. The fraction of sp³-hybridized carbons (Fsp3) is 0.333.